The van der Waals surface area contributed by atoms with Crippen LogP contribution in [-0.2, 0) is 9.53 Å². The lowest BCUT2D eigenvalue weighted by Crippen LogP contribution is -2.41. The van der Waals surface area contributed by atoms with E-state index in [1.165, 1.54) is 0 Å². The van der Waals surface area contributed by atoms with Crippen molar-refractivity contribution in [1.82, 2.24) is 24.8 Å². The molecule has 2 aromatic heterocycles. The molecule has 0 radical (unpaired) electrons. The van der Waals surface area contributed by atoms with Gasteiger partial charge in [-0.3, -0.25) is 4.79 Å². The van der Waals surface area contributed by atoms with E-state index in [4.69, 9.17) is 4.74 Å². The summed E-state index contributed by atoms with van der Waals surface area (Å²) in [4.78, 5) is 30.5. The predicted molar refractivity (Wildman–Crippen MR) is 84.8 cm³/mol. The van der Waals surface area contributed by atoms with E-state index in [0.29, 0.717) is 6.54 Å². The molecule has 3 rings (SSSR count). The molecule has 1 unspecified atom stereocenters. The zero-order valence-corrected chi connectivity index (χ0v) is 13.5. The van der Waals surface area contributed by atoms with Gasteiger partial charge in [0.2, 0.25) is 5.91 Å². The topological polar surface area (TPSA) is 84.0 Å². The van der Waals surface area contributed by atoms with Gasteiger partial charge in [0.05, 0.1) is 0 Å². The lowest BCUT2D eigenvalue weighted by Gasteiger charge is -2.32. The number of aromatic amines is 1. The largest absolute Gasteiger partial charge is 0.375 e. The molecular weight excluding hydrogens is 294 g/mol. The first-order valence-corrected chi connectivity index (χ1v) is 7.79. The van der Waals surface area contributed by atoms with E-state index in [9.17, 15) is 4.79 Å². The Kier molecular flexibility index (Phi) is 4.66. The Bertz CT molecular complexity index is 671. The van der Waals surface area contributed by atoms with E-state index in [2.05, 4.69) is 19.9 Å². The Balaban J connectivity index is 1.82. The highest BCUT2D eigenvalue weighted by Crippen LogP contribution is 2.26. The van der Waals surface area contributed by atoms with Gasteiger partial charge in [-0.15, -0.1) is 0 Å². The zero-order chi connectivity index (χ0) is 16.2. The Morgan fingerprint density at radius 1 is 1.48 bits per heavy atom. The number of piperidine rings is 1. The maximum absolute atomic E-state index is 12.0. The van der Waals surface area contributed by atoms with Crippen LogP contribution < -0.4 is 0 Å². The van der Waals surface area contributed by atoms with E-state index >= 15 is 0 Å². The molecule has 2 aromatic rings. The van der Waals surface area contributed by atoms with E-state index in [1.54, 1.807) is 19.5 Å². The van der Waals surface area contributed by atoms with Crippen LogP contribution in [0.15, 0.2) is 18.5 Å². The number of methoxy groups -OCH3 is 1. The highest BCUT2D eigenvalue weighted by molar-refractivity contribution is 5.77. The van der Waals surface area contributed by atoms with Crippen molar-refractivity contribution in [2.75, 3.05) is 26.8 Å². The molecule has 7 heteroatoms. The van der Waals surface area contributed by atoms with Crippen LogP contribution in [0.3, 0.4) is 0 Å². The number of ether oxygens (including phenoxy) is 1. The first-order chi connectivity index (χ1) is 11.2. The van der Waals surface area contributed by atoms with E-state index in [1.807, 2.05) is 17.9 Å². The van der Waals surface area contributed by atoms with Crippen LogP contribution in [0.4, 0.5) is 0 Å². The summed E-state index contributed by atoms with van der Waals surface area (Å²) in [6.45, 7) is 3.49. The number of hydrogen-bond donors (Lipinski definition) is 1. The second-order valence-corrected chi connectivity index (χ2v) is 5.80. The second kappa shape index (κ2) is 6.87. The van der Waals surface area contributed by atoms with Crippen LogP contribution in [0.2, 0.25) is 0 Å². The van der Waals surface area contributed by atoms with Gasteiger partial charge in [-0.25, -0.2) is 15.0 Å². The minimum absolute atomic E-state index is 0.0242. The van der Waals surface area contributed by atoms with Gasteiger partial charge >= 0.3 is 0 Å². The van der Waals surface area contributed by atoms with Crippen molar-refractivity contribution >= 4 is 5.91 Å². The summed E-state index contributed by atoms with van der Waals surface area (Å²) in [5.41, 5.74) is 1.69. The zero-order valence-electron chi connectivity index (χ0n) is 13.5. The number of nitrogens with one attached hydrogen (secondary N) is 1. The molecule has 0 bridgehead atoms. The van der Waals surface area contributed by atoms with Crippen molar-refractivity contribution in [3.63, 3.8) is 0 Å². The normalized spacial score (nSPS) is 18.2. The van der Waals surface area contributed by atoms with Crippen molar-refractivity contribution in [2.24, 2.45) is 0 Å². The average Bonchev–Trinajstić information content (AvgIpc) is 3.09. The minimum atomic E-state index is 0.0242. The molecule has 23 heavy (non-hydrogen) atoms. The molecule has 122 valence electrons. The molecule has 1 aliphatic rings. The first-order valence-electron chi connectivity index (χ1n) is 7.79. The summed E-state index contributed by atoms with van der Waals surface area (Å²) >= 11 is 0. The number of H-pyrrole nitrogens is 1. The fourth-order valence-electron chi connectivity index (χ4n) is 2.93. The maximum atomic E-state index is 12.0. The fraction of sp³-hybridized carbons (Fsp3) is 0.500. The second-order valence-electron chi connectivity index (χ2n) is 5.80. The number of hydrogen-bond acceptors (Lipinski definition) is 5. The standard InChI is InChI=1S/C16H21N5O2/c1-11-8-13(16-17-5-6-18-16)20-15(19-11)12-4-3-7-21(9-12)14(22)10-23-2/h5-6,8,12H,3-4,7,9-10H2,1-2H3,(H,17,18). The number of nitrogens with zero attached hydrogens (tertiary/aromatic N) is 4. The number of rotatable bonds is 4. The fourth-order valence-corrected chi connectivity index (χ4v) is 2.93. The quantitative estimate of drug-likeness (QED) is 0.925. The Labute approximate surface area is 135 Å². The number of carbonyl (C=O) groups excluding carboxylic acids is 1. The summed E-state index contributed by atoms with van der Waals surface area (Å²) in [5.74, 6) is 1.69. The van der Waals surface area contributed by atoms with Gasteiger partial charge < -0.3 is 14.6 Å². The SMILES string of the molecule is COCC(=O)N1CCCC(c2nc(C)cc(-c3ncc[nH]3)n2)C1. The maximum Gasteiger partial charge on any atom is 0.248 e. The molecule has 1 N–H and O–H groups in total. The van der Waals surface area contributed by atoms with Crippen molar-refractivity contribution < 1.29 is 9.53 Å². The van der Waals surface area contributed by atoms with Crippen molar-refractivity contribution in [1.29, 1.82) is 0 Å². The molecule has 1 fully saturated rings. The van der Waals surface area contributed by atoms with Gasteiger partial charge in [0.1, 0.15) is 18.1 Å². The van der Waals surface area contributed by atoms with Crippen LogP contribution in [0, 0.1) is 6.92 Å². The molecule has 1 atom stereocenters. The van der Waals surface area contributed by atoms with Crippen LogP contribution >= 0.6 is 0 Å². The summed E-state index contributed by atoms with van der Waals surface area (Å²) in [7, 11) is 1.54. The van der Waals surface area contributed by atoms with E-state index in [-0.39, 0.29) is 18.4 Å². The number of aromatic nitrogens is 4. The first kappa shape index (κ1) is 15.6. The van der Waals surface area contributed by atoms with Gasteiger partial charge in [0, 0.05) is 44.2 Å². The number of imidazole rings is 1. The monoisotopic (exact) mass is 315 g/mol. The molecule has 7 nitrogen and oxygen atoms in total. The van der Waals surface area contributed by atoms with Gasteiger partial charge in [0.15, 0.2) is 5.82 Å². The lowest BCUT2D eigenvalue weighted by molar-refractivity contribution is -0.136. The molecule has 3 heterocycles. The lowest BCUT2D eigenvalue weighted by atomic mass is 9.97. The molecule has 0 aliphatic carbocycles. The van der Waals surface area contributed by atoms with E-state index < -0.39 is 0 Å². The third-order valence-electron chi connectivity index (χ3n) is 4.02. The van der Waals surface area contributed by atoms with Crippen LogP contribution in [0.25, 0.3) is 11.5 Å². The van der Waals surface area contributed by atoms with Gasteiger partial charge in [-0.05, 0) is 25.8 Å². The van der Waals surface area contributed by atoms with Crippen molar-refractivity contribution in [3.05, 3.63) is 30.0 Å². The van der Waals surface area contributed by atoms with Gasteiger partial charge in [-0.2, -0.15) is 0 Å². The Hall–Kier alpha value is -2.28. The summed E-state index contributed by atoms with van der Waals surface area (Å²) < 4.78 is 4.95. The number of likely N-dealkylation sites (tertiary alicyclic amines) is 1. The highest BCUT2D eigenvalue weighted by Gasteiger charge is 2.27. The summed E-state index contributed by atoms with van der Waals surface area (Å²) in [6, 6.07) is 1.92. The molecule has 1 amide bonds. The number of amides is 1. The van der Waals surface area contributed by atoms with Gasteiger partial charge in [0.25, 0.3) is 0 Å². The van der Waals surface area contributed by atoms with Crippen LogP contribution in [-0.4, -0.2) is 57.5 Å². The molecular formula is C16H21N5O2. The molecule has 0 spiro atoms. The third kappa shape index (κ3) is 3.56. The number of carbonyl (C=O) groups is 1. The molecule has 1 aliphatic heterocycles. The van der Waals surface area contributed by atoms with Crippen LogP contribution in [0.1, 0.15) is 30.3 Å². The summed E-state index contributed by atoms with van der Waals surface area (Å²) in [5, 5.41) is 0. The van der Waals surface area contributed by atoms with E-state index in [0.717, 1.165) is 42.4 Å². The highest BCUT2D eigenvalue weighted by atomic mass is 16.5. The molecule has 0 aromatic carbocycles. The average molecular weight is 315 g/mol. The smallest absolute Gasteiger partial charge is 0.248 e. The van der Waals surface area contributed by atoms with Crippen molar-refractivity contribution in [3.8, 4) is 11.5 Å². The van der Waals surface area contributed by atoms with Crippen LogP contribution in [0.5, 0.6) is 0 Å². The third-order valence-corrected chi connectivity index (χ3v) is 4.02. The minimum Gasteiger partial charge on any atom is -0.375 e. The Morgan fingerprint density at radius 2 is 2.35 bits per heavy atom. The molecule has 0 saturated carbocycles. The number of aryl methyl sites for hydroxylation is 1. The van der Waals surface area contributed by atoms with Crippen molar-refractivity contribution in [2.45, 2.75) is 25.7 Å². The Morgan fingerprint density at radius 3 is 3.09 bits per heavy atom. The summed E-state index contributed by atoms with van der Waals surface area (Å²) in [6.07, 6.45) is 5.42. The van der Waals surface area contributed by atoms with Gasteiger partial charge in [-0.1, -0.05) is 0 Å². The molecule has 1 saturated heterocycles. The predicted octanol–water partition coefficient (Wildman–Crippen LogP) is 1.53.